The first-order valence-corrected chi connectivity index (χ1v) is 9.17. The standard InChI is InChI=1S/C22H23ClN2O3/c1-13(2)28-21-18(23)10-16(11-20(21)27-5)9-17(12-24)22(26)25-19-8-14(3)6-7-15(19)4/h6-11,13H,1-5H3,(H,25,26)/b17-9+. The number of carbonyl (C=O) groups is 1. The summed E-state index contributed by atoms with van der Waals surface area (Å²) in [7, 11) is 1.50. The third-order valence-corrected chi connectivity index (χ3v) is 4.20. The van der Waals surface area contributed by atoms with Crippen molar-refractivity contribution in [1.82, 2.24) is 0 Å². The van der Waals surface area contributed by atoms with E-state index in [2.05, 4.69) is 5.32 Å². The molecule has 1 amide bonds. The molecule has 0 aliphatic rings. The van der Waals surface area contributed by atoms with Crippen molar-refractivity contribution in [3.63, 3.8) is 0 Å². The predicted molar refractivity (Wildman–Crippen MR) is 112 cm³/mol. The van der Waals surface area contributed by atoms with Crippen LogP contribution in [0.3, 0.4) is 0 Å². The zero-order valence-corrected chi connectivity index (χ0v) is 17.3. The molecule has 146 valence electrons. The Morgan fingerprint density at radius 2 is 1.96 bits per heavy atom. The molecule has 0 unspecified atom stereocenters. The predicted octanol–water partition coefficient (Wildman–Crippen LogP) is 5.30. The maximum Gasteiger partial charge on any atom is 0.266 e. The highest BCUT2D eigenvalue weighted by atomic mass is 35.5. The van der Waals surface area contributed by atoms with Crippen LogP contribution < -0.4 is 14.8 Å². The molecule has 2 aromatic carbocycles. The molecule has 0 heterocycles. The van der Waals surface area contributed by atoms with Gasteiger partial charge in [0.15, 0.2) is 11.5 Å². The van der Waals surface area contributed by atoms with Crippen LogP contribution in [-0.2, 0) is 4.79 Å². The van der Waals surface area contributed by atoms with Crippen molar-refractivity contribution >= 4 is 29.3 Å². The number of nitrogens with zero attached hydrogens (tertiary/aromatic N) is 1. The molecule has 5 nitrogen and oxygen atoms in total. The summed E-state index contributed by atoms with van der Waals surface area (Å²) in [5.41, 5.74) is 3.11. The van der Waals surface area contributed by atoms with Crippen molar-refractivity contribution in [2.24, 2.45) is 0 Å². The Hall–Kier alpha value is -2.97. The fourth-order valence-corrected chi connectivity index (χ4v) is 2.81. The van der Waals surface area contributed by atoms with E-state index in [0.29, 0.717) is 27.8 Å². The molecular formula is C22H23ClN2O3. The second-order valence-electron chi connectivity index (χ2n) is 6.64. The number of anilines is 1. The molecule has 0 bridgehead atoms. The summed E-state index contributed by atoms with van der Waals surface area (Å²) in [4.78, 5) is 12.6. The molecule has 2 rings (SSSR count). The first-order valence-electron chi connectivity index (χ1n) is 8.79. The summed E-state index contributed by atoms with van der Waals surface area (Å²) >= 11 is 6.31. The van der Waals surface area contributed by atoms with Gasteiger partial charge in [-0.2, -0.15) is 5.26 Å². The molecule has 2 aromatic rings. The zero-order valence-electron chi connectivity index (χ0n) is 16.6. The van der Waals surface area contributed by atoms with Gasteiger partial charge in [0.25, 0.3) is 5.91 Å². The minimum absolute atomic E-state index is 0.0449. The normalized spacial score (nSPS) is 11.1. The van der Waals surface area contributed by atoms with E-state index in [1.165, 1.54) is 13.2 Å². The van der Waals surface area contributed by atoms with Crippen LogP contribution in [0, 0.1) is 25.2 Å². The van der Waals surface area contributed by atoms with E-state index in [1.807, 2.05) is 52.0 Å². The quantitative estimate of drug-likeness (QED) is 0.529. The summed E-state index contributed by atoms with van der Waals surface area (Å²) in [5.74, 6) is 0.364. The lowest BCUT2D eigenvalue weighted by Gasteiger charge is -2.15. The van der Waals surface area contributed by atoms with Gasteiger partial charge in [-0.3, -0.25) is 4.79 Å². The Kier molecular flexibility index (Phi) is 7.08. The van der Waals surface area contributed by atoms with Crippen LogP contribution in [0.1, 0.15) is 30.5 Å². The second-order valence-corrected chi connectivity index (χ2v) is 7.05. The molecule has 0 radical (unpaired) electrons. The van der Waals surface area contributed by atoms with E-state index in [4.69, 9.17) is 21.1 Å². The smallest absolute Gasteiger partial charge is 0.266 e. The average Bonchev–Trinajstić information content (AvgIpc) is 2.64. The topological polar surface area (TPSA) is 71.3 Å². The number of methoxy groups -OCH3 is 1. The average molecular weight is 399 g/mol. The fraction of sp³-hybridized carbons (Fsp3) is 0.273. The highest BCUT2D eigenvalue weighted by Gasteiger charge is 2.15. The van der Waals surface area contributed by atoms with Crippen molar-refractivity contribution < 1.29 is 14.3 Å². The van der Waals surface area contributed by atoms with Gasteiger partial charge in [-0.05, 0) is 68.7 Å². The minimum Gasteiger partial charge on any atom is -0.493 e. The van der Waals surface area contributed by atoms with E-state index in [-0.39, 0.29) is 11.7 Å². The van der Waals surface area contributed by atoms with Gasteiger partial charge in [0, 0.05) is 5.69 Å². The third-order valence-electron chi connectivity index (χ3n) is 3.92. The molecule has 0 atom stereocenters. The Labute approximate surface area is 170 Å². The first kappa shape index (κ1) is 21.3. The van der Waals surface area contributed by atoms with Gasteiger partial charge in [-0.1, -0.05) is 23.7 Å². The lowest BCUT2D eigenvalue weighted by molar-refractivity contribution is -0.112. The molecule has 1 N–H and O–H groups in total. The number of ether oxygens (including phenoxy) is 2. The number of hydrogen-bond acceptors (Lipinski definition) is 4. The Balaban J connectivity index is 2.35. The summed E-state index contributed by atoms with van der Waals surface area (Å²) in [6, 6.07) is 11.0. The molecular weight excluding hydrogens is 376 g/mol. The summed E-state index contributed by atoms with van der Waals surface area (Å²) in [5, 5.41) is 12.6. The van der Waals surface area contributed by atoms with Gasteiger partial charge in [0.05, 0.1) is 18.2 Å². The van der Waals surface area contributed by atoms with Crippen LogP contribution in [0.2, 0.25) is 5.02 Å². The van der Waals surface area contributed by atoms with E-state index >= 15 is 0 Å². The number of hydrogen-bond donors (Lipinski definition) is 1. The lowest BCUT2D eigenvalue weighted by Crippen LogP contribution is -2.14. The zero-order chi connectivity index (χ0) is 20.8. The number of nitriles is 1. The van der Waals surface area contributed by atoms with E-state index in [9.17, 15) is 10.1 Å². The monoisotopic (exact) mass is 398 g/mol. The number of rotatable bonds is 6. The molecule has 0 fully saturated rings. The molecule has 0 aliphatic heterocycles. The van der Waals surface area contributed by atoms with Gasteiger partial charge in [-0.15, -0.1) is 0 Å². The Morgan fingerprint density at radius 1 is 1.25 bits per heavy atom. The van der Waals surface area contributed by atoms with Gasteiger partial charge < -0.3 is 14.8 Å². The lowest BCUT2D eigenvalue weighted by atomic mass is 10.1. The second kappa shape index (κ2) is 9.29. The van der Waals surface area contributed by atoms with Crippen LogP contribution in [0.25, 0.3) is 6.08 Å². The van der Waals surface area contributed by atoms with Crippen LogP contribution in [0.4, 0.5) is 5.69 Å². The largest absolute Gasteiger partial charge is 0.493 e. The Bertz CT molecular complexity index is 959. The SMILES string of the molecule is COc1cc(/C=C(\C#N)C(=O)Nc2cc(C)ccc2C)cc(Cl)c1OC(C)C. The van der Waals surface area contributed by atoms with Crippen molar-refractivity contribution in [3.05, 3.63) is 57.6 Å². The van der Waals surface area contributed by atoms with Crippen LogP contribution in [0.5, 0.6) is 11.5 Å². The Morgan fingerprint density at radius 3 is 2.57 bits per heavy atom. The van der Waals surface area contributed by atoms with E-state index < -0.39 is 5.91 Å². The van der Waals surface area contributed by atoms with Crippen LogP contribution in [0.15, 0.2) is 35.9 Å². The minimum atomic E-state index is -0.492. The van der Waals surface area contributed by atoms with Gasteiger partial charge in [-0.25, -0.2) is 0 Å². The number of nitrogens with one attached hydrogen (secondary N) is 1. The number of aryl methyl sites for hydroxylation is 2. The van der Waals surface area contributed by atoms with E-state index in [1.54, 1.807) is 12.1 Å². The summed E-state index contributed by atoms with van der Waals surface area (Å²) < 4.78 is 11.0. The third kappa shape index (κ3) is 5.28. The first-order chi connectivity index (χ1) is 13.2. The summed E-state index contributed by atoms with van der Waals surface area (Å²) in [6.45, 7) is 7.60. The van der Waals surface area contributed by atoms with Crippen molar-refractivity contribution in [2.45, 2.75) is 33.8 Å². The highest BCUT2D eigenvalue weighted by Crippen LogP contribution is 2.37. The highest BCUT2D eigenvalue weighted by molar-refractivity contribution is 6.32. The van der Waals surface area contributed by atoms with E-state index in [0.717, 1.165) is 11.1 Å². The molecule has 0 spiro atoms. The molecule has 0 saturated heterocycles. The van der Waals surface area contributed by atoms with Gasteiger partial charge in [0.2, 0.25) is 0 Å². The van der Waals surface area contributed by atoms with Crippen molar-refractivity contribution in [2.75, 3.05) is 12.4 Å². The van der Waals surface area contributed by atoms with Gasteiger partial charge >= 0.3 is 0 Å². The van der Waals surface area contributed by atoms with Crippen LogP contribution in [-0.4, -0.2) is 19.1 Å². The number of carbonyl (C=O) groups excluding carboxylic acids is 1. The maximum absolute atomic E-state index is 12.6. The van der Waals surface area contributed by atoms with Crippen molar-refractivity contribution in [3.8, 4) is 17.6 Å². The number of halogens is 1. The van der Waals surface area contributed by atoms with Gasteiger partial charge in [0.1, 0.15) is 11.6 Å². The maximum atomic E-state index is 12.6. The number of amides is 1. The fourth-order valence-electron chi connectivity index (χ4n) is 2.55. The molecule has 0 saturated carbocycles. The molecule has 6 heteroatoms. The number of benzene rings is 2. The molecule has 0 aromatic heterocycles. The van der Waals surface area contributed by atoms with Crippen molar-refractivity contribution in [1.29, 1.82) is 5.26 Å². The molecule has 28 heavy (non-hydrogen) atoms. The summed E-state index contributed by atoms with van der Waals surface area (Å²) in [6.07, 6.45) is 1.39. The molecule has 0 aliphatic carbocycles. The van der Waals surface area contributed by atoms with Crippen LogP contribution >= 0.6 is 11.6 Å².